The van der Waals surface area contributed by atoms with Gasteiger partial charge in [0.25, 0.3) is 5.91 Å². The number of hydrogen-bond donors (Lipinski definition) is 1. The summed E-state index contributed by atoms with van der Waals surface area (Å²) < 4.78 is 0.927. The number of hydrogen-bond acceptors (Lipinski definition) is 1. The van der Waals surface area contributed by atoms with Crippen LogP contribution in [0.5, 0.6) is 0 Å². The van der Waals surface area contributed by atoms with Crippen LogP contribution in [0, 0.1) is 0 Å². The minimum Gasteiger partial charge on any atom is -0.321 e. The third-order valence-corrected chi connectivity index (χ3v) is 5.54. The molecular weight excluding hydrogens is 410 g/mol. The minimum atomic E-state index is -0.0642. The summed E-state index contributed by atoms with van der Waals surface area (Å²) in [6.45, 7) is 2.19. The van der Waals surface area contributed by atoms with Gasteiger partial charge in [-0.05, 0) is 76.5 Å². The molecule has 0 unspecified atom stereocenters. The first-order valence-electron chi connectivity index (χ1n) is 9.89. The van der Waals surface area contributed by atoms with Gasteiger partial charge in [0.05, 0.1) is 5.69 Å². The maximum atomic E-state index is 12.9. The predicted octanol–water partition coefficient (Wildman–Crippen LogP) is 6.83. The zero-order valence-electron chi connectivity index (χ0n) is 16.2. The molecule has 0 bridgehead atoms. The second-order valence-corrected chi connectivity index (χ2v) is 7.87. The van der Waals surface area contributed by atoms with Crippen molar-refractivity contribution in [2.45, 2.75) is 39.0 Å². The maximum Gasteiger partial charge on any atom is 0.255 e. The van der Waals surface area contributed by atoms with Crippen molar-refractivity contribution in [1.82, 2.24) is 0 Å². The molecule has 0 radical (unpaired) electrons. The molecule has 0 heterocycles. The van der Waals surface area contributed by atoms with E-state index in [1.54, 1.807) is 0 Å². The predicted molar refractivity (Wildman–Crippen MR) is 121 cm³/mol. The molecule has 3 heteroatoms. The molecule has 0 aliphatic heterocycles. The van der Waals surface area contributed by atoms with Gasteiger partial charge >= 0.3 is 0 Å². The van der Waals surface area contributed by atoms with Crippen LogP contribution in [-0.4, -0.2) is 5.91 Å². The molecule has 0 spiro atoms. The van der Waals surface area contributed by atoms with E-state index in [-0.39, 0.29) is 5.91 Å². The van der Waals surface area contributed by atoms with E-state index in [4.69, 9.17) is 0 Å². The van der Waals surface area contributed by atoms with Gasteiger partial charge in [-0.1, -0.05) is 67.9 Å². The summed E-state index contributed by atoms with van der Waals surface area (Å²) in [6.07, 6.45) is 5.17. The summed E-state index contributed by atoms with van der Waals surface area (Å²) in [6, 6.07) is 24.4. The lowest BCUT2D eigenvalue weighted by Gasteiger charge is -2.12. The molecular formula is C25H26BrNO. The average Bonchev–Trinajstić information content (AvgIpc) is 2.73. The van der Waals surface area contributed by atoms with Crippen LogP contribution in [-0.2, 0) is 19.3 Å². The van der Waals surface area contributed by atoms with Crippen molar-refractivity contribution in [2.75, 3.05) is 5.32 Å². The molecule has 2 nitrogen and oxygen atoms in total. The lowest BCUT2D eigenvalue weighted by atomic mass is 9.99. The van der Waals surface area contributed by atoms with Gasteiger partial charge in [0.2, 0.25) is 0 Å². The van der Waals surface area contributed by atoms with Gasteiger partial charge in [-0.2, -0.15) is 0 Å². The number of unbranched alkanes of at least 4 members (excludes halogenated alkanes) is 1. The average molecular weight is 436 g/mol. The fourth-order valence-electron chi connectivity index (χ4n) is 3.27. The number of nitrogens with one attached hydrogen (secondary N) is 1. The minimum absolute atomic E-state index is 0.0642. The summed E-state index contributed by atoms with van der Waals surface area (Å²) in [7, 11) is 0. The van der Waals surface area contributed by atoms with Crippen LogP contribution in [0.1, 0.15) is 46.8 Å². The molecule has 1 N–H and O–H groups in total. The quantitative estimate of drug-likeness (QED) is 0.412. The van der Waals surface area contributed by atoms with Gasteiger partial charge in [-0.15, -0.1) is 0 Å². The molecule has 3 aromatic carbocycles. The first-order chi connectivity index (χ1) is 13.7. The smallest absolute Gasteiger partial charge is 0.255 e. The Morgan fingerprint density at radius 3 is 2.36 bits per heavy atom. The number of carbonyl (C=O) groups excluding carboxylic acids is 1. The van der Waals surface area contributed by atoms with Gasteiger partial charge in [0.15, 0.2) is 0 Å². The third kappa shape index (κ3) is 5.56. The van der Waals surface area contributed by atoms with Crippen LogP contribution in [0.3, 0.4) is 0 Å². The Hall–Kier alpha value is -2.39. The van der Waals surface area contributed by atoms with E-state index >= 15 is 0 Å². The van der Waals surface area contributed by atoms with Crippen molar-refractivity contribution < 1.29 is 4.79 Å². The normalized spacial score (nSPS) is 10.6. The fourth-order valence-corrected chi connectivity index (χ4v) is 3.79. The van der Waals surface area contributed by atoms with Gasteiger partial charge < -0.3 is 5.32 Å². The van der Waals surface area contributed by atoms with E-state index in [9.17, 15) is 4.79 Å². The van der Waals surface area contributed by atoms with Crippen LogP contribution in [0.25, 0.3) is 0 Å². The lowest BCUT2D eigenvalue weighted by molar-refractivity contribution is 0.102. The molecule has 0 fully saturated rings. The third-order valence-electron chi connectivity index (χ3n) is 4.89. The molecule has 0 saturated carbocycles. The molecule has 28 heavy (non-hydrogen) atoms. The van der Waals surface area contributed by atoms with E-state index in [1.165, 1.54) is 24.0 Å². The highest BCUT2D eigenvalue weighted by Crippen LogP contribution is 2.25. The summed E-state index contributed by atoms with van der Waals surface area (Å²) >= 11 is 3.61. The molecule has 144 valence electrons. The number of benzene rings is 3. The second kappa shape index (κ2) is 10.2. The highest BCUT2D eigenvalue weighted by atomic mass is 79.9. The maximum absolute atomic E-state index is 12.9. The van der Waals surface area contributed by atoms with Crippen LogP contribution >= 0.6 is 15.9 Å². The topological polar surface area (TPSA) is 29.1 Å². The Kier molecular flexibility index (Phi) is 7.44. The van der Waals surface area contributed by atoms with E-state index in [0.29, 0.717) is 0 Å². The lowest BCUT2D eigenvalue weighted by Crippen LogP contribution is -2.15. The van der Waals surface area contributed by atoms with Gasteiger partial charge in [0.1, 0.15) is 0 Å². The summed E-state index contributed by atoms with van der Waals surface area (Å²) in [5.41, 5.74) is 5.18. The van der Waals surface area contributed by atoms with Crippen LogP contribution in [0.2, 0.25) is 0 Å². The largest absolute Gasteiger partial charge is 0.321 e. The molecule has 1 amide bonds. The van der Waals surface area contributed by atoms with Crippen molar-refractivity contribution >= 4 is 27.5 Å². The van der Waals surface area contributed by atoms with Crippen molar-refractivity contribution in [2.24, 2.45) is 0 Å². The standard InChI is InChI=1S/C25H26BrNO/c1-2-3-9-20-15-17-24(23(26)18-20)27-25(28)22-13-8-7-12-21(22)16-14-19-10-5-4-6-11-19/h4-8,10-13,15,17-18H,2-3,9,14,16H2,1H3,(H,27,28). The van der Waals surface area contributed by atoms with Crippen LogP contribution in [0.15, 0.2) is 77.3 Å². The zero-order valence-corrected chi connectivity index (χ0v) is 17.8. The number of carbonyl (C=O) groups is 1. The number of halogens is 1. The molecule has 3 rings (SSSR count). The first-order valence-corrected chi connectivity index (χ1v) is 10.7. The summed E-state index contributed by atoms with van der Waals surface area (Å²) in [5.74, 6) is -0.0642. The molecule has 3 aromatic rings. The van der Waals surface area contributed by atoms with Gasteiger partial charge in [0, 0.05) is 10.0 Å². The number of rotatable bonds is 8. The Morgan fingerprint density at radius 1 is 0.857 bits per heavy atom. The van der Waals surface area contributed by atoms with Crippen LogP contribution in [0.4, 0.5) is 5.69 Å². The summed E-state index contributed by atoms with van der Waals surface area (Å²) in [4.78, 5) is 12.9. The van der Waals surface area contributed by atoms with E-state index < -0.39 is 0 Å². The zero-order chi connectivity index (χ0) is 19.8. The van der Waals surface area contributed by atoms with Crippen molar-refractivity contribution in [1.29, 1.82) is 0 Å². The monoisotopic (exact) mass is 435 g/mol. The molecule has 0 aliphatic rings. The highest BCUT2D eigenvalue weighted by molar-refractivity contribution is 9.10. The van der Waals surface area contributed by atoms with Gasteiger partial charge in [-0.3, -0.25) is 4.79 Å². The molecule has 0 aromatic heterocycles. The number of amides is 1. The number of anilines is 1. The Labute approximate surface area is 176 Å². The van der Waals surface area contributed by atoms with Crippen molar-refractivity contribution in [3.8, 4) is 0 Å². The SMILES string of the molecule is CCCCc1ccc(NC(=O)c2ccccc2CCc2ccccc2)c(Br)c1. The summed E-state index contributed by atoms with van der Waals surface area (Å²) in [5, 5.41) is 3.06. The number of aryl methyl sites for hydroxylation is 3. The van der Waals surface area contributed by atoms with Crippen molar-refractivity contribution in [3.05, 3.63) is 99.5 Å². The Bertz CT molecular complexity index is 921. The highest BCUT2D eigenvalue weighted by Gasteiger charge is 2.13. The van der Waals surface area contributed by atoms with Crippen LogP contribution < -0.4 is 5.32 Å². The second-order valence-electron chi connectivity index (χ2n) is 7.01. The van der Waals surface area contributed by atoms with Crippen molar-refractivity contribution in [3.63, 3.8) is 0 Å². The van der Waals surface area contributed by atoms with E-state index in [2.05, 4.69) is 64.6 Å². The molecule has 0 aliphatic carbocycles. The first kappa shape index (κ1) is 20.3. The van der Waals surface area contributed by atoms with Gasteiger partial charge in [-0.25, -0.2) is 0 Å². The Balaban J connectivity index is 1.71. The molecule has 0 atom stereocenters. The van der Waals surface area contributed by atoms with E-state index in [1.807, 2.05) is 36.4 Å². The fraction of sp³-hybridized carbons (Fsp3) is 0.240. The molecule has 0 saturated heterocycles. The van der Waals surface area contributed by atoms with E-state index in [0.717, 1.165) is 40.5 Å². The Morgan fingerprint density at radius 2 is 1.61 bits per heavy atom.